The molecule has 0 radical (unpaired) electrons. The van der Waals surface area contributed by atoms with E-state index < -0.39 is 0 Å². The molecule has 2 aliphatic rings. The van der Waals surface area contributed by atoms with Crippen LogP contribution in [0.5, 0.6) is 11.6 Å². The largest absolute Gasteiger partial charge is 0.489 e. The van der Waals surface area contributed by atoms with Crippen LogP contribution >= 0.6 is 0 Å². The van der Waals surface area contributed by atoms with Crippen molar-refractivity contribution < 1.29 is 13.9 Å². The minimum atomic E-state index is -0.383. The van der Waals surface area contributed by atoms with Crippen molar-refractivity contribution in [2.45, 2.75) is 58.0 Å². The fourth-order valence-corrected chi connectivity index (χ4v) is 6.04. The van der Waals surface area contributed by atoms with Gasteiger partial charge in [-0.1, -0.05) is 58.0 Å². The van der Waals surface area contributed by atoms with Gasteiger partial charge in [0.1, 0.15) is 18.2 Å². The van der Waals surface area contributed by atoms with Gasteiger partial charge in [0, 0.05) is 22.5 Å². The average Bonchev–Trinajstić information content (AvgIpc) is 3.20. The summed E-state index contributed by atoms with van der Waals surface area (Å²) >= 11 is 0. The van der Waals surface area contributed by atoms with Gasteiger partial charge >= 0.3 is 0 Å². The van der Waals surface area contributed by atoms with Crippen molar-refractivity contribution in [3.63, 3.8) is 0 Å². The van der Waals surface area contributed by atoms with Crippen molar-refractivity contribution in [1.29, 1.82) is 0 Å². The van der Waals surface area contributed by atoms with Crippen molar-refractivity contribution in [2.75, 3.05) is 7.11 Å². The van der Waals surface area contributed by atoms with E-state index in [1.807, 2.05) is 18.2 Å². The maximum absolute atomic E-state index is 14.8. The molecule has 3 aromatic rings. The molecule has 2 aromatic carbocycles. The zero-order valence-electron chi connectivity index (χ0n) is 21.3. The van der Waals surface area contributed by atoms with E-state index in [1.165, 1.54) is 37.3 Å². The van der Waals surface area contributed by atoms with E-state index in [-0.39, 0.29) is 11.2 Å². The van der Waals surface area contributed by atoms with E-state index in [1.54, 1.807) is 6.07 Å². The van der Waals surface area contributed by atoms with E-state index in [9.17, 15) is 4.39 Å². The first-order chi connectivity index (χ1) is 16.7. The number of aryl methyl sites for hydroxylation is 1. The van der Waals surface area contributed by atoms with Crippen LogP contribution in [0.4, 0.5) is 4.39 Å². The van der Waals surface area contributed by atoms with Crippen molar-refractivity contribution in [3.05, 3.63) is 89.4 Å². The molecular weight excluding hydrogens is 437 g/mol. The minimum absolute atomic E-state index is 0.354. The minimum Gasteiger partial charge on any atom is -0.489 e. The van der Waals surface area contributed by atoms with Crippen LogP contribution in [0, 0.1) is 17.7 Å². The van der Waals surface area contributed by atoms with Gasteiger partial charge in [0.15, 0.2) is 0 Å². The van der Waals surface area contributed by atoms with Crippen LogP contribution in [0.25, 0.3) is 11.1 Å². The van der Waals surface area contributed by atoms with Crippen molar-refractivity contribution in [3.8, 4) is 22.8 Å². The third-order valence-corrected chi connectivity index (χ3v) is 8.68. The average molecular weight is 472 g/mol. The molecule has 4 heteroatoms. The number of ether oxygens (including phenoxy) is 2. The van der Waals surface area contributed by atoms with Gasteiger partial charge in [-0.2, -0.15) is 0 Å². The number of allylic oxidation sites excluding steroid dienone is 1. The molecular formula is C31H34FNO2. The topological polar surface area (TPSA) is 31.4 Å². The van der Waals surface area contributed by atoms with Crippen LogP contribution in [0.15, 0.2) is 61.3 Å². The van der Waals surface area contributed by atoms with E-state index in [2.05, 4.69) is 63.5 Å². The van der Waals surface area contributed by atoms with Crippen molar-refractivity contribution >= 4 is 0 Å². The zero-order valence-corrected chi connectivity index (χ0v) is 21.3. The Kier molecular flexibility index (Phi) is 5.74. The summed E-state index contributed by atoms with van der Waals surface area (Å²) in [4.78, 5) is 3.99. The summed E-state index contributed by atoms with van der Waals surface area (Å²) in [6, 6.07) is 14.3. The maximum atomic E-state index is 14.8. The number of hydrogen-bond donors (Lipinski definition) is 0. The van der Waals surface area contributed by atoms with Crippen LogP contribution in [0.2, 0.25) is 0 Å². The number of nitrogens with zero attached hydrogens (tertiary/aromatic N) is 1. The summed E-state index contributed by atoms with van der Waals surface area (Å²) in [6.45, 7) is 13.4. The molecule has 1 heterocycles. The van der Waals surface area contributed by atoms with Crippen LogP contribution < -0.4 is 9.47 Å². The molecule has 2 aliphatic carbocycles. The molecule has 1 spiro atoms. The molecule has 1 fully saturated rings. The maximum Gasteiger partial charge on any atom is 0.213 e. The van der Waals surface area contributed by atoms with Gasteiger partial charge in [0.05, 0.1) is 13.3 Å². The third kappa shape index (κ3) is 3.84. The smallest absolute Gasteiger partial charge is 0.213 e. The molecule has 0 aliphatic heterocycles. The number of rotatable bonds is 7. The molecule has 0 bridgehead atoms. The molecule has 2 unspecified atom stereocenters. The Morgan fingerprint density at radius 3 is 2.57 bits per heavy atom. The zero-order chi connectivity index (χ0) is 25.0. The summed E-state index contributed by atoms with van der Waals surface area (Å²) in [5.41, 5.74) is 6.22. The molecule has 5 rings (SSSR count). The number of benzene rings is 2. The summed E-state index contributed by atoms with van der Waals surface area (Å²) < 4.78 is 26.3. The lowest BCUT2D eigenvalue weighted by atomic mass is 9.79. The Balaban J connectivity index is 1.44. The Labute approximate surface area is 208 Å². The quantitative estimate of drug-likeness (QED) is 0.336. The summed E-state index contributed by atoms with van der Waals surface area (Å²) in [5, 5.41) is 0. The summed E-state index contributed by atoms with van der Waals surface area (Å²) in [5.74, 6) is 2.39. The second-order valence-electron chi connectivity index (χ2n) is 10.7. The molecule has 3 nitrogen and oxygen atoms in total. The second kappa shape index (κ2) is 8.51. The summed E-state index contributed by atoms with van der Waals surface area (Å²) in [6.07, 6.45) is 5.52. The standard InChI is InChI=1S/C31H34FNO2/c1-7-30(4,5)27-14-21(8-11-24(27)25-16-29(34-6)33-17-28(25)32)18-35-23-10-9-22-12-13-31(26(22)15-23)19(2)20(31)3/h7-11,14-17,19-20H,1,12-13,18H2,2-6H3. The first-order valence-corrected chi connectivity index (χ1v) is 12.4. The fourth-order valence-electron chi connectivity index (χ4n) is 6.04. The molecule has 0 amide bonds. The van der Waals surface area contributed by atoms with Crippen LogP contribution in [0.1, 0.15) is 56.4 Å². The van der Waals surface area contributed by atoms with Gasteiger partial charge in [-0.3, -0.25) is 0 Å². The number of halogens is 1. The molecule has 182 valence electrons. The Bertz CT molecular complexity index is 1290. The second-order valence-corrected chi connectivity index (χ2v) is 10.7. The van der Waals surface area contributed by atoms with Gasteiger partial charge in [-0.05, 0) is 64.6 Å². The first kappa shape index (κ1) is 23.6. The van der Waals surface area contributed by atoms with E-state index in [4.69, 9.17) is 9.47 Å². The Morgan fingerprint density at radius 2 is 1.89 bits per heavy atom. The number of pyridine rings is 1. The molecule has 0 saturated heterocycles. The number of fused-ring (bicyclic) bond motifs is 2. The van der Waals surface area contributed by atoms with Gasteiger partial charge < -0.3 is 9.47 Å². The van der Waals surface area contributed by atoms with Crippen molar-refractivity contribution in [1.82, 2.24) is 4.98 Å². The highest BCUT2D eigenvalue weighted by Crippen LogP contribution is 2.65. The number of methoxy groups -OCH3 is 1. The Morgan fingerprint density at radius 1 is 1.11 bits per heavy atom. The van der Waals surface area contributed by atoms with Crippen molar-refractivity contribution in [2.24, 2.45) is 11.8 Å². The lowest BCUT2D eigenvalue weighted by Gasteiger charge is -2.25. The van der Waals surface area contributed by atoms with E-state index in [0.29, 0.717) is 23.5 Å². The van der Waals surface area contributed by atoms with Gasteiger partial charge in [-0.15, -0.1) is 6.58 Å². The molecule has 0 N–H and O–H groups in total. The highest BCUT2D eigenvalue weighted by Gasteiger charge is 2.62. The van der Waals surface area contributed by atoms with Crippen LogP contribution in [-0.4, -0.2) is 12.1 Å². The lowest BCUT2D eigenvalue weighted by Crippen LogP contribution is -2.15. The number of hydrogen-bond acceptors (Lipinski definition) is 3. The van der Waals surface area contributed by atoms with Gasteiger partial charge in [0.25, 0.3) is 0 Å². The molecule has 35 heavy (non-hydrogen) atoms. The predicted octanol–water partition coefficient (Wildman–Crippen LogP) is 7.41. The molecule has 2 atom stereocenters. The number of aromatic nitrogens is 1. The van der Waals surface area contributed by atoms with Gasteiger partial charge in [0.2, 0.25) is 5.88 Å². The molecule has 1 saturated carbocycles. The third-order valence-electron chi connectivity index (χ3n) is 8.68. The normalized spacial score (nSPS) is 22.7. The van der Waals surface area contributed by atoms with E-state index >= 15 is 0 Å². The monoisotopic (exact) mass is 471 g/mol. The summed E-state index contributed by atoms with van der Waals surface area (Å²) in [7, 11) is 1.53. The highest BCUT2D eigenvalue weighted by atomic mass is 19.1. The molecule has 1 aromatic heterocycles. The lowest BCUT2D eigenvalue weighted by molar-refractivity contribution is 0.305. The Hall–Kier alpha value is -3.14. The van der Waals surface area contributed by atoms with Crippen LogP contribution in [-0.2, 0) is 23.9 Å². The van der Waals surface area contributed by atoms with Gasteiger partial charge in [-0.25, -0.2) is 9.37 Å². The first-order valence-electron chi connectivity index (χ1n) is 12.4. The fraction of sp³-hybridized carbons (Fsp3) is 0.387. The van der Waals surface area contributed by atoms with Crippen LogP contribution in [0.3, 0.4) is 0 Å². The predicted molar refractivity (Wildman–Crippen MR) is 139 cm³/mol. The highest BCUT2D eigenvalue weighted by molar-refractivity contribution is 5.71. The van der Waals surface area contributed by atoms with E-state index in [0.717, 1.165) is 34.3 Å². The SMILES string of the molecule is C=CC(C)(C)c1cc(COc2ccc3c(c2)C2(CC3)C(C)C2C)ccc1-c1cc(OC)ncc1F.